The van der Waals surface area contributed by atoms with Crippen LogP contribution in [-0.2, 0) is 13.0 Å². The molecule has 0 saturated heterocycles. The molecule has 21 heavy (non-hydrogen) atoms. The topological polar surface area (TPSA) is 40.5 Å². The van der Waals surface area contributed by atoms with Crippen molar-refractivity contribution in [2.45, 2.75) is 19.4 Å². The number of carbonyl (C=O) groups excluding carboxylic acids is 1. The van der Waals surface area contributed by atoms with E-state index in [1.54, 1.807) is 4.90 Å². The zero-order valence-corrected chi connectivity index (χ0v) is 11.6. The zero-order valence-electron chi connectivity index (χ0n) is 11.6. The van der Waals surface area contributed by atoms with E-state index in [9.17, 15) is 14.3 Å². The zero-order chi connectivity index (χ0) is 14.8. The third-order valence-electron chi connectivity index (χ3n) is 3.82. The van der Waals surface area contributed by atoms with Crippen molar-refractivity contribution in [2.24, 2.45) is 0 Å². The van der Waals surface area contributed by atoms with Crippen LogP contribution in [0.15, 0.2) is 42.5 Å². The molecular formula is C17H16FNO2. The molecule has 1 aliphatic heterocycles. The van der Waals surface area contributed by atoms with Crippen LogP contribution in [0, 0.1) is 5.82 Å². The van der Waals surface area contributed by atoms with E-state index in [1.807, 2.05) is 18.2 Å². The Bertz CT molecular complexity index is 684. The smallest absolute Gasteiger partial charge is 0.257 e. The fraction of sp³-hybridized carbons (Fsp3) is 0.235. The summed E-state index contributed by atoms with van der Waals surface area (Å²) in [6.45, 7) is 1.10. The Kier molecular flexibility index (Phi) is 3.60. The molecule has 1 heterocycles. The van der Waals surface area contributed by atoms with Crippen molar-refractivity contribution in [3.63, 3.8) is 0 Å². The van der Waals surface area contributed by atoms with E-state index in [1.165, 1.54) is 17.7 Å². The van der Waals surface area contributed by atoms with Gasteiger partial charge in [0.1, 0.15) is 11.6 Å². The maximum absolute atomic E-state index is 13.8. The van der Waals surface area contributed by atoms with Crippen LogP contribution in [0.1, 0.15) is 27.9 Å². The molecule has 0 aliphatic carbocycles. The predicted octanol–water partition coefficient (Wildman–Crippen LogP) is 3.12. The maximum atomic E-state index is 13.8. The molecule has 0 radical (unpaired) electrons. The van der Waals surface area contributed by atoms with Crippen molar-refractivity contribution in [2.75, 3.05) is 6.54 Å². The number of amides is 1. The largest absolute Gasteiger partial charge is 0.508 e. The third kappa shape index (κ3) is 2.75. The number of aromatic hydroxyl groups is 1. The molecule has 0 spiro atoms. The van der Waals surface area contributed by atoms with E-state index in [2.05, 4.69) is 6.07 Å². The number of hydrogen-bond acceptors (Lipinski definition) is 2. The molecule has 3 nitrogen and oxygen atoms in total. The first kappa shape index (κ1) is 13.6. The molecule has 0 atom stereocenters. The summed E-state index contributed by atoms with van der Waals surface area (Å²) >= 11 is 0. The summed E-state index contributed by atoms with van der Waals surface area (Å²) in [6, 6.07) is 11.7. The van der Waals surface area contributed by atoms with Crippen molar-refractivity contribution in [3.8, 4) is 5.75 Å². The second kappa shape index (κ2) is 5.56. The number of fused-ring (bicyclic) bond motifs is 1. The van der Waals surface area contributed by atoms with E-state index in [4.69, 9.17) is 0 Å². The quantitative estimate of drug-likeness (QED) is 0.874. The first-order chi connectivity index (χ1) is 10.1. The number of hydrogen-bond donors (Lipinski definition) is 1. The van der Waals surface area contributed by atoms with Crippen molar-refractivity contribution >= 4 is 5.91 Å². The predicted molar refractivity (Wildman–Crippen MR) is 77.6 cm³/mol. The van der Waals surface area contributed by atoms with E-state index in [0.29, 0.717) is 13.1 Å². The molecule has 0 fully saturated rings. The Morgan fingerprint density at radius 2 is 1.90 bits per heavy atom. The fourth-order valence-electron chi connectivity index (χ4n) is 2.72. The lowest BCUT2D eigenvalue weighted by atomic mass is 10.0. The minimum atomic E-state index is -0.683. The highest BCUT2D eigenvalue weighted by Gasteiger charge is 2.22. The van der Waals surface area contributed by atoms with Gasteiger partial charge in [0.2, 0.25) is 0 Å². The highest BCUT2D eigenvalue weighted by atomic mass is 19.1. The van der Waals surface area contributed by atoms with E-state index in [0.717, 1.165) is 24.5 Å². The van der Waals surface area contributed by atoms with Crippen LogP contribution in [0.3, 0.4) is 0 Å². The van der Waals surface area contributed by atoms with Gasteiger partial charge in [-0.15, -0.1) is 0 Å². The maximum Gasteiger partial charge on any atom is 0.257 e. The van der Waals surface area contributed by atoms with Gasteiger partial charge in [-0.05, 0) is 36.1 Å². The molecule has 108 valence electrons. The van der Waals surface area contributed by atoms with Gasteiger partial charge in [0.25, 0.3) is 5.91 Å². The number of nitrogens with zero attached hydrogens (tertiary/aromatic N) is 1. The second-order valence-corrected chi connectivity index (χ2v) is 5.26. The van der Waals surface area contributed by atoms with Crippen LogP contribution in [-0.4, -0.2) is 22.5 Å². The molecule has 0 saturated carbocycles. The molecule has 0 bridgehead atoms. The van der Waals surface area contributed by atoms with E-state index >= 15 is 0 Å². The normalized spacial score (nSPS) is 14.4. The van der Waals surface area contributed by atoms with Crippen LogP contribution in [0.25, 0.3) is 0 Å². The molecule has 1 amide bonds. The lowest BCUT2D eigenvalue weighted by molar-refractivity contribution is 0.0741. The van der Waals surface area contributed by atoms with Crippen LogP contribution in [0.5, 0.6) is 5.75 Å². The minimum absolute atomic E-state index is 0.00665. The Morgan fingerprint density at radius 1 is 1.14 bits per heavy atom. The highest BCUT2D eigenvalue weighted by Crippen LogP contribution is 2.22. The summed E-state index contributed by atoms with van der Waals surface area (Å²) in [5.41, 5.74) is 2.37. The lowest BCUT2D eigenvalue weighted by Crippen LogP contribution is -2.31. The number of aryl methyl sites for hydroxylation is 1. The number of carbonyl (C=O) groups is 1. The van der Waals surface area contributed by atoms with Gasteiger partial charge in [0.05, 0.1) is 5.56 Å². The van der Waals surface area contributed by atoms with E-state index in [-0.39, 0.29) is 17.2 Å². The Hall–Kier alpha value is -2.36. The monoisotopic (exact) mass is 285 g/mol. The molecule has 4 heteroatoms. The SMILES string of the molecule is O=C(c1ccc(O)cc1F)N1CCCc2ccccc2C1. The van der Waals surface area contributed by atoms with Crippen molar-refractivity contribution in [1.82, 2.24) is 4.90 Å². The van der Waals surface area contributed by atoms with Gasteiger partial charge in [-0.1, -0.05) is 24.3 Å². The van der Waals surface area contributed by atoms with Crippen LogP contribution in [0.2, 0.25) is 0 Å². The molecule has 3 rings (SSSR count). The van der Waals surface area contributed by atoms with Gasteiger partial charge in [-0.25, -0.2) is 4.39 Å². The molecule has 1 aliphatic rings. The number of benzene rings is 2. The van der Waals surface area contributed by atoms with Crippen molar-refractivity contribution in [1.29, 1.82) is 0 Å². The third-order valence-corrected chi connectivity index (χ3v) is 3.82. The lowest BCUT2D eigenvalue weighted by Gasteiger charge is -2.21. The first-order valence-corrected chi connectivity index (χ1v) is 7.00. The van der Waals surface area contributed by atoms with Gasteiger partial charge < -0.3 is 10.0 Å². The van der Waals surface area contributed by atoms with Crippen molar-refractivity contribution in [3.05, 3.63) is 65.0 Å². The van der Waals surface area contributed by atoms with Crippen molar-refractivity contribution < 1.29 is 14.3 Å². The summed E-state index contributed by atoms with van der Waals surface area (Å²) in [4.78, 5) is 14.2. The standard InChI is InChI=1S/C17H16FNO2/c18-16-10-14(20)7-8-15(16)17(21)19-9-3-6-12-4-1-2-5-13(12)11-19/h1-2,4-5,7-8,10,20H,3,6,9,11H2. The minimum Gasteiger partial charge on any atom is -0.508 e. The number of phenols is 1. The number of phenolic OH excluding ortho intramolecular Hbond substituents is 1. The number of halogens is 1. The Balaban J connectivity index is 1.88. The molecule has 2 aromatic carbocycles. The van der Waals surface area contributed by atoms with Gasteiger partial charge in [-0.2, -0.15) is 0 Å². The highest BCUT2D eigenvalue weighted by molar-refractivity contribution is 5.94. The van der Waals surface area contributed by atoms with Gasteiger partial charge in [0, 0.05) is 19.2 Å². The molecule has 0 unspecified atom stereocenters. The molecule has 1 N–H and O–H groups in total. The molecular weight excluding hydrogens is 269 g/mol. The van der Waals surface area contributed by atoms with Crippen LogP contribution in [0.4, 0.5) is 4.39 Å². The first-order valence-electron chi connectivity index (χ1n) is 7.00. The summed E-state index contributed by atoms with van der Waals surface area (Å²) in [5.74, 6) is -1.19. The summed E-state index contributed by atoms with van der Waals surface area (Å²) in [6.07, 6.45) is 1.79. The summed E-state index contributed by atoms with van der Waals surface area (Å²) < 4.78 is 13.8. The Labute approximate surface area is 122 Å². The summed E-state index contributed by atoms with van der Waals surface area (Å²) in [7, 11) is 0. The summed E-state index contributed by atoms with van der Waals surface area (Å²) in [5, 5.41) is 9.24. The van der Waals surface area contributed by atoms with E-state index < -0.39 is 5.82 Å². The fourth-order valence-corrected chi connectivity index (χ4v) is 2.72. The van der Waals surface area contributed by atoms with Crippen LogP contribution >= 0.6 is 0 Å². The van der Waals surface area contributed by atoms with Gasteiger partial charge in [-0.3, -0.25) is 4.79 Å². The average Bonchev–Trinajstić information content (AvgIpc) is 2.68. The molecule has 2 aromatic rings. The molecule has 0 aromatic heterocycles. The van der Waals surface area contributed by atoms with Gasteiger partial charge in [0.15, 0.2) is 0 Å². The van der Waals surface area contributed by atoms with Gasteiger partial charge >= 0.3 is 0 Å². The van der Waals surface area contributed by atoms with Crippen LogP contribution < -0.4 is 0 Å². The Morgan fingerprint density at radius 3 is 2.67 bits per heavy atom. The second-order valence-electron chi connectivity index (χ2n) is 5.26. The average molecular weight is 285 g/mol. The number of rotatable bonds is 1.